The summed E-state index contributed by atoms with van der Waals surface area (Å²) in [6.45, 7) is -1.38. The van der Waals surface area contributed by atoms with E-state index >= 15 is 0 Å². The van der Waals surface area contributed by atoms with Crippen LogP contribution in [-0.2, 0) is 9.53 Å². The van der Waals surface area contributed by atoms with Crippen LogP contribution in [-0.4, -0.2) is 37.3 Å². The van der Waals surface area contributed by atoms with Crippen LogP contribution in [0.3, 0.4) is 0 Å². The van der Waals surface area contributed by atoms with E-state index in [2.05, 4.69) is 9.73 Å². The molecule has 17 heavy (non-hydrogen) atoms. The van der Waals surface area contributed by atoms with Crippen LogP contribution >= 0.6 is 0 Å². The van der Waals surface area contributed by atoms with E-state index in [4.69, 9.17) is 17.2 Å². The predicted octanol–water partition coefficient (Wildman–Crippen LogP) is -0.527. The van der Waals surface area contributed by atoms with Crippen LogP contribution in [0.5, 0.6) is 0 Å². The van der Waals surface area contributed by atoms with Gasteiger partial charge in [0.15, 0.2) is 12.6 Å². The minimum absolute atomic E-state index is 0.0989. The number of nitrogens with two attached hydrogens (primary N) is 3. The Morgan fingerprint density at radius 1 is 1.35 bits per heavy atom. The van der Waals surface area contributed by atoms with Crippen molar-refractivity contribution in [2.75, 3.05) is 13.2 Å². The molecule has 0 aliphatic carbocycles. The molecule has 0 saturated carbocycles. The van der Waals surface area contributed by atoms with Gasteiger partial charge in [-0.1, -0.05) is 0 Å². The summed E-state index contributed by atoms with van der Waals surface area (Å²) in [4.78, 5) is 14.6. The summed E-state index contributed by atoms with van der Waals surface area (Å²) in [7, 11) is 0. The van der Waals surface area contributed by atoms with Gasteiger partial charge in [0.25, 0.3) is 0 Å². The molecule has 6 N–H and O–H groups in total. The highest BCUT2D eigenvalue weighted by molar-refractivity contribution is 5.76. The molecule has 9 heteroatoms. The summed E-state index contributed by atoms with van der Waals surface area (Å²) in [5.74, 6) is -1.19. The standard InChI is InChI=1S/C8H15F3N4O2/c9-8(10,11)4-17-6(16)5(12)2-1-3-15-7(13)14/h5H,1-4,12H2,(H4,13,14,15)/t5-/m0/s1. The van der Waals surface area contributed by atoms with Gasteiger partial charge >= 0.3 is 12.1 Å². The average molecular weight is 256 g/mol. The first-order valence-corrected chi connectivity index (χ1v) is 4.76. The van der Waals surface area contributed by atoms with E-state index in [9.17, 15) is 18.0 Å². The van der Waals surface area contributed by atoms with Gasteiger partial charge in [-0.05, 0) is 12.8 Å². The number of guanidine groups is 1. The molecule has 0 aliphatic rings. The molecule has 1 atom stereocenters. The molecule has 100 valence electrons. The maximum atomic E-state index is 11.7. The number of halogens is 3. The van der Waals surface area contributed by atoms with Crippen LogP contribution in [0.15, 0.2) is 4.99 Å². The molecule has 0 radical (unpaired) electrons. The maximum absolute atomic E-state index is 11.7. The highest BCUT2D eigenvalue weighted by Gasteiger charge is 2.30. The van der Waals surface area contributed by atoms with Crippen molar-refractivity contribution in [1.82, 2.24) is 0 Å². The molecule has 0 fully saturated rings. The molecule has 0 saturated heterocycles. The lowest BCUT2D eigenvalue weighted by atomic mass is 10.2. The van der Waals surface area contributed by atoms with Gasteiger partial charge < -0.3 is 21.9 Å². The van der Waals surface area contributed by atoms with E-state index < -0.39 is 24.8 Å². The third-order valence-electron chi connectivity index (χ3n) is 1.65. The quantitative estimate of drug-likeness (QED) is 0.256. The largest absolute Gasteiger partial charge is 0.455 e. The molecule has 0 amide bonds. The van der Waals surface area contributed by atoms with Crippen LogP contribution in [0, 0.1) is 0 Å². The van der Waals surface area contributed by atoms with Crippen molar-refractivity contribution in [3.63, 3.8) is 0 Å². The number of esters is 1. The zero-order chi connectivity index (χ0) is 13.5. The number of ether oxygens (including phenoxy) is 1. The van der Waals surface area contributed by atoms with Gasteiger partial charge in [0.1, 0.15) is 6.04 Å². The second-order valence-corrected chi connectivity index (χ2v) is 3.28. The van der Waals surface area contributed by atoms with E-state index in [1.165, 1.54) is 0 Å². The number of carbonyl (C=O) groups is 1. The number of nitrogens with zero attached hydrogens (tertiary/aromatic N) is 1. The van der Waals surface area contributed by atoms with Crippen molar-refractivity contribution in [1.29, 1.82) is 0 Å². The van der Waals surface area contributed by atoms with E-state index in [0.717, 1.165) is 0 Å². The molecule has 0 spiro atoms. The number of hydrogen-bond donors (Lipinski definition) is 3. The van der Waals surface area contributed by atoms with Crippen molar-refractivity contribution in [3.05, 3.63) is 0 Å². The molecule has 0 aromatic carbocycles. The summed E-state index contributed by atoms with van der Waals surface area (Å²) in [5, 5.41) is 0. The zero-order valence-electron chi connectivity index (χ0n) is 9.04. The summed E-state index contributed by atoms with van der Waals surface area (Å²) in [6.07, 6.45) is -4.03. The van der Waals surface area contributed by atoms with E-state index in [1.807, 2.05) is 0 Å². The van der Waals surface area contributed by atoms with Crippen LogP contribution in [0.25, 0.3) is 0 Å². The summed E-state index contributed by atoms with van der Waals surface area (Å²) >= 11 is 0. The molecule has 0 rings (SSSR count). The highest BCUT2D eigenvalue weighted by Crippen LogP contribution is 2.14. The van der Waals surface area contributed by atoms with E-state index in [1.54, 1.807) is 0 Å². The van der Waals surface area contributed by atoms with Crippen molar-refractivity contribution < 1.29 is 22.7 Å². The molecule has 0 bridgehead atoms. The fourth-order valence-electron chi connectivity index (χ4n) is 0.897. The normalized spacial score (nSPS) is 12.9. The Morgan fingerprint density at radius 3 is 2.41 bits per heavy atom. The Hall–Kier alpha value is -1.51. The SMILES string of the molecule is NC(N)=NCCC[C@H](N)C(=O)OCC(F)(F)F. The Morgan fingerprint density at radius 2 is 1.94 bits per heavy atom. The van der Waals surface area contributed by atoms with Gasteiger partial charge in [0.05, 0.1) is 0 Å². The number of alkyl halides is 3. The molecule has 6 nitrogen and oxygen atoms in total. The van der Waals surface area contributed by atoms with Crippen molar-refractivity contribution >= 4 is 11.9 Å². The van der Waals surface area contributed by atoms with Gasteiger partial charge in [0, 0.05) is 6.54 Å². The second-order valence-electron chi connectivity index (χ2n) is 3.28. The topological polar surface area (TPSA) is 117 Å². The first-order valence-electron chi connectivity index (χ1n) is 4.76. The monoisotopic (exact) mass is 256 g/mol. The number of aliphatic imine (C=N–C) groups is 1. The van der Waals surface area contributed by atoms with Crippen LogP contribution in [0.1, 0.15) is 12.8 Å². The molecular formula is C8H15F3N4O2. The Balaban J connectivity index is 3.79. The number of carbonyl (C=O) groups excluding carboxylic acids is 1. The van der Waals surface area contributed by atoms with Crippen molar-refractivity contribution in [2.45, 2.75) is 25.1 Å². The Bertz CT molecular complexity index is 276. The van der Waals surface area contributed by atoms with E-state index in [0.29, 0.717) is 6.42 Å². The molecule has 0 heterocycles. The van der Waals surface area contributed by atoms with Crippen molar-refractivity contribution in [2.24, 2.45) is 22.2 Å². The molecule has 0 unspecified atom stereocenters. The highest BCUT2D eigenvalue weighted by atomic mass is 19.4. The number of hydrogen-bond acceptors (Lipinski definition) is 4. The number of rotatable bonds is 6. The van der Waals surface area contributed by atoms with Gasteiger partial charge in [-0.2, -0.15) is 13.2 Å². The third kappa shape index (κ3) is 9.42. The molecule has 0 aromatic heterocycles. The fraction of sp³-hybridized carbons (Fsp3) is 0.750. The Labute approximate surface area is 96.0 Å². The van der Waals surface area contributed by atoms with Crippen LogP contribution < -0.4 is 17.2 Å². The van der Waals surface area contributed by atoms with E-state index in [-0.39, 0.29) is 18.9 Å². The maximum Gasteiger partial charge on any atom is 0.422 e. The first-order chi connectivity index (χ1) is 7.72. The smallest absolute Gasteiger partial charge is 0.422 e. The van der Waals surface area contributed by atoms with Gasteiger partial charge in [-0.15, -0.1) is 0 Å². The van der Waals surface area contributed by atoms with Crippen LogP contribution in [0.2, 0.25) is 0 Å². The third-order valence-corrected chi connectivity index (χ3v) is 1.65. The van der Waals surface area contributed by atoms with Gasteiger partial charge in [0.2, 0.25) is 0 Å². The lowest BCUT2D eigenvalue weighted by molar-refractivity contribution is -0.187. The lowest BCUT2D eigenvalue weighted by Gasteiger charge is -2.12. The minimum atomic E-state index is -4.55. The minimum Gasteiger partial charge on any atom is -0.455 e. The summed E-state index contributed by atoms with van der Waals surface area (Å²) in [5.41, 5.74) is 15.4. The zero-order valence-corrected chi connectivity index (χ0v) is 9.04. The second kappa shape index (κ2) is 6.94. The van der Waals surface area contributed by atoms with Gasteiger partial charge in [-0.3, -0.25) is 9.79 Å². The first kappa shape index (κ1) is 15.5. The van der Waals surface area contributed by atoms with Crippen LogP contribution in [0.4, 0.5) is 13.2 Å². The van der Waals surface area contributed by atoms with Gasteiger partial charge in [-0.25, -0.2) is 0 Å². The lowest BCUT2D eigenvalue weighted by Crippen LogP contribution is -2.34. The molecule has 0 aromatic rings. The molecular weight excluding hydrogens is 241 g/mol. The average Bonchev–Trinajstić information content (AvgIpc) is 2.19. The molecule has 0 aliphatic heterocycles. The summed E-state index contributed by atoms with van der Waals surface area (Å²) in [6, 6.07) is -1.11. The Kier molecular flexibility index (Phi) is 6.33. The summed E-state index contributed by atoms with van der Waals surface area (Å²) < 4.78 is 39.1. The van der Waals surface area contributed by atoms with Crippen molar-refractivity contribution in [3.8, 4) is 0 Å². The predicted molar refractivity (Wildman–Crippen MR) is 54.9 cm³/mol. The fourth-order valence-corrected chi connectivity index (χ4v) is 0.897.